The highest BCUT2D eigenvalue weighted by Crippen LogP contribution is 2.53. The van der Waals surface area contributed by atoms with E-state index in [1.807, 2.05) is 0 Å². The van der Waals surface area contributed by atoms with Crippen LogP contribution < -0.4 is 14.4 Å². The van der Waals surface area contributed by atoms with Gasteiger partial charge in [-0.2, -0.15) is 18.7 Å². The van der Waals surface area contributed by atoms with Crippen LogP contribution in [0.25, 0.3) is 10.9 Å². The van der Waals surface area contributed by atoms with Crippen molar-refractivity contribution in [3.63, 3.8) is 0 Å². The first-order valence-electron chi connectivity index (χ1n) is 13.4. The minimum Gasteiger partial charge on any atom is -0.465 e. The first kappa shape index (κ1) is 28.1. The molecule has 4 heterocycles. The van der Waals surface area contributed by atoms with Gasteiger partial charge in [0, 0.05) is 42.5 Å². The number of fused-ring (bicyclic) bond motifs is 1. The Balaban J connectivity index is 1.44. The first-order valence-corrected chi connectivity index (χ1v) is 14.2. The number of likely N-dealkylation sites (N-methyl/N-ethyl adjacent to an activating group) is 1. The number of halogens is 3. The molecule has 0 saturated carbocycles. The number of carbonyl (C=O) groups is 1. The molecule has 1 aromatic carbocycles. The molecule has 214 valence electrons. The molecule has 9 nitrogen and oxygen atoms in total. The molecule has 1 aromatic heterocycles. The van der Waals surface area contributed by atoms with Gasteiger partial charge in [0.1, 0.15) is 18.2 Å². The average Bonchev–Trinajstić information content (AvgIpc) is 3.24. The molecule has 3 aliphatic rings. The summed E-state index contributed by atoms with van der Waals surface area (Å²) in [5.74, 6) is 0.624. The second kappa shape index (κ2) is 10.5. The number of alkyl halides is 2. The molecule has 1 spiro atoms. The summed E-state index contributed by atoms with van der Waals surface area (Å²) in [5, 5.41) is 10.3. The Labute approximate surface area is 235 Å². The Bertz CT molecular complexity index is 1230. The molecule has 3 saturated heterocycles. The van der Waals surface area contributed by atoms with Gasteiger partial charge in [-0.3, -0.25) is 0 Å². The van der Waals surface area contributed by atoms with E-state index in [9.17, 15) is 18.7 Å². The predicted molar refractivity (Wildman–Crippen MR) is 147 cm³/mol. The van der Waals surface area contributed by atoms with Crippen molar-refractivity contribution in [2.45, 2.75) is 65.1 Å². The van der Waals surface area contributed by atoms with Crippen LogP contribution in [0.1, 0.15) is 46.5 Å². The highest BCUT2D eigenvalue weighted by Gasteiger charge is 2.59. The van der Waals surface area contributed by atoms with Gasteiger partial charge in [-0.1, -0.05) is 20.8 Å². The molecule has 0 radical (unpaired) electrons. The molecule has 2 aromatic rings. The van der Waals surface area contributed by atoms with Gasteiger partial charge in [-0.25, -0.2) is 4.79 Å². The van der Waals surface area contributed by atoms with Gasteiger partial charge < -0.3 is 29.3 Å². The fourth-order valence-electron chi connectivity index (χ4n) is 6.84. The lowest BCUT2D eigenvalue weighted by Gasteiger charge is -2.63. The second-order valence-electron chi connectivity index (χ2n) is 12.1. The molecule has 39 heavy (non-hydrogen) atoms. The molecule has 2 atom stereocenters. The molecular weight excluding hydrogens is 576 g/mol. The van der Waals surface area contributed by atoms with E-state index in [2.05, 4.69) is 58.5 Å². The van der Waals surface area contributed by atoms with E-state index < -0.39 is 12.7 Å². The van der Waals surface area contributed by atoms with Crippen molar-refractivity contribution in [3.8, 4) is 11.8 Å². The monoisotopic (exact) mass is 611 g/mol. The number of ether oxygens (including phenoxy) is 2. The number of hydrogen-bond acceptors (Lipinski definition) is 7. The summed E-state index contributed by atoms with van der Waals surface area (Å²) >= 11 is 3.33. The Morgan fingerprint density at radius 2 is 1.95 bits per heavy atom. The van der Waals surface area contributed by atoms with E-state index in [1.54, 1.807) is 17.0 Å². The number of amides is 1. The number of piperidine rings is 1. The lowest BCUT2D eigenvalue weighted by atomic mass is 9.58. The maximum absolute atomic E-state index is 13.1. The van der Waals surface area contributed by atoms with Gasteiger partial charge in [-0.15, -0.1) is 0 Å². The number of likely N-dealkylation sites (tertiary alicyclic amines) is 2. The molecule has 12 heteroatoms. The standard InChI is InChI=1S/C27H36BrF2N5O4/c1-26(2,3)22-27(15-35(22)25(36)37)7-10-34(11-8-27)21-17-12-20(39-23(29)30)18(28)13-19(17)31-24(32-21)38-14-16-6-5-9-33(16)4/h12-13,16,22-23H,5-11,14-15H2,1-4H3,(H,36,37)/t16?,22-/m0/s1. The van der Waals surface area contributed by atoms with Crippen LogP contribution in [0.3, 0.4) is 0 Å². The SMILES string of the molecule is CN1CCCC1COc1nc(N2CCC3(CC2)CN(C(=O)O)[C@H]3C(C)(C)C)c2cc(OC(F)F)c(Br)cc2n1. The molecular formula is C27H36BrF2N5O4. The number of aromatic nitrogens is 2. The van der Waals surface area contributed by atoms with Crippen LogP contribution in [0.2, 0.25) is 0 Å². The topological polar surface area (TPSA) is 91.3 Å². The lowest BCUT2D eigenvalue weighted by molar-refractivity contribution is -0.119. The van der Waals surface area contributed by atoms with Crippen molar-refractivity contribution >= 4 is 38.7 Å². The summed E-state index contributed by atoms with van der Waals surface area (Å²) in [5.41, 5.74) is 0.273. The normalized spacial score (nSPS) is 23.5. The predicted octanol–water partition coefficient (Wildman–Crippen LogP) is 5.46. The molecule has 3 aliphatic heterocycles. The van der Waals surface area contributed by atoms with E-state index >= 15 is 0 Å². The molecule has 3 fully saturated rings. The van der Waals surface area contributed by atoms with Crippen molar-refractivity contribution in [1.29, 1.82) is 0 Å². The van der Waals surface area contributed by atoms with Crippen LogP contribution in [-0.2, 0) is 0 Å². The number of nitrogens with zero attached hydrogens (tertiary/aromatic N) is 5. The number of benzene rings is 1. The van der Waals surface area contributed by atoms with Gasteiger partial charge in [0.2, 0.25) is 0 Å². The average molecular weight is 613 g/mol. The van der Waals surface area contributed by atoms with Gasteiger partial charge >= 0.3 is 18.7 Å². The molecule has 0 bridgehead atoms. The summed E-state index contributed by atoms with van der Waals surface area (Å²) in [6.45, 7) is 6.63. The number of carboxylic acid groups (broad SMARTS) is 1. The van der Waals surface area contributed by atoms with Crippen LogP contribution in [-0.4, -0.2) is 89.5 Å². The van der Waals surface area contributed by atoms with E-state index in [-0.39, 0.29) is 28.6 Å². The third kappa shape index (κ3) is 5.46. The van der Waals surface area contributed by atoms with E-state index in [0.717, 1.165) is 32.2 Å². The Morgan fingerprint density at radius 1 is 1.23 bits per heavy atom. The van der Waals surface area contributed by atoms with Gasteiger partial charge in [-0.05, 0) is 72.8 Å². The van der Waals surface area contributed by atoms with E-state index in [0.29, 0.717) is 53.5 Å². The maximum Gasteiger partial charge on any atom is 0.407 e. The zero-order chi connectivity index (χ0) is 28.1. The number of hydrogen-bond donors (Lipinski definition) is 1. The van der Waals surface area contributed by atoms with Gasteiger partial charge in [0.25, 0.3) is 0 Å². The van der Waals surface area contributed by atoms with E-state index in [4.69, 9.17) is 14.5 Å². The quantitative estimate of drug-likeness (QED) is 0.460. The van der Waals surface area contributed by atoms with Crippen molar-refractivity contribution in [3.05, 3.63) is 16.6 Å². The third-order valence-corrected chi connectivity index (χ3v) is 9.12. The van der Waals surface area contributed by atoms with Crippen LogP contribution in [0.15, 0.2) is 16.6 Å². The Morgan fingerprint density at radius 3 is 2.54 bits per heavy atom. The van der Waals surface area contributed by atoms with Crippen LogP contribution in [0.5, 0.6) is 11.8 Å². The summed E-state index contributed by atoms with van der Waals surface area (Å²) in [6.07, 6.45) is 2.89. The molecule has 1 unspecified atom stereocenters. The smallest absolute Gasteiger partial charge is 0.407 e. The number of rotatable bonds is 6. The second-order valence-corrected chi connectivity index (χ2v) is 13.0. The van der Waals surface area contributed by atoms with Crippen LogP contribution in [0.4, 0.5) is 19.4 Å². The van der Waals surface area contributed by atoms with Crippen LogP contribution in [0, 0.1) is 10.8 Å². The maximum atomic E-state index is 13.1. The fraction of sp³-hybridized carbons (Fsp3) is 0.667. The Kier molecular flexibility index (Phi) is 7.56. The summed E-state index contributed by atoms with van der Waals surface area (Å²) < 4.78 is 37.4. The fourth-order valence-corrected chi connectivity index (χ4v) is 7.27. The van der Waals surface area contributed by atoms with E-state index in [1.165, 1.54) is 0 Å². The summed E-state index contributed by atoms with van der Waals surface area (Å²) in [7, 11) is 2.08. The van der Waals surface area contributed by atoms with Crippen molar-refractivity contribution in [1.82, 2.24) is 19.8 Å². The third-order valence-electron chi connectivity index (χ3n) is 8.50. The minimum absolute atomic E-state index is 0.0148. The molecule has 1 amide bonds. The van der Waals surface area contributed by atoms with Gasteiger partial charge in [0.15, 0.2) is 0 Å². The summed E-state index contributed by atoms with van der Waals surface area (Å²) in [6, 6.07) is 3.68. The van der Waals surface area contributed by atoms with Crippen molar-refractivity contribution < 1.29 is 28.2 Å². The first-order chi connectivity index (χ1) is 18.4. The van der Waals surface area contributed by atoms with Crippen LogP contribution >= 0.6 is 15.9 Å². The lowest BCUT2D eigenvalue weighted by Crippen LogP contribution is -2.72. The zero-order valence-corrected chi connectivity index (χ0v) is 24.4. The minimum atomic E-state index is -2.96. The number of anilines is 1. The highest BCUT2D eigenvalue weighted by atomic mass is 79.9. The zero-order valence-electron chi connectivity index (χ0n) is 22.8. The van der Waals surface area contributed by atoms with Gasteiger partial charge in [0.05, 0.1) is 9.99 Å². The largest absolute Gasteiger partial charge is 0.465 e. The molecule has 5 rings (SSSR count). The van der Waals surface area contributed by atoms with Crippen molar-refractivity contribution in [2.24, 2.45) is 10.8 Å². The molecule has 0 aliphatic carbocycles. The molecule has 1 N–H and O–H groups in total. The highest BCUT2D eigenvalue weighted by molar-refractivity contribution is 9.10. The van der Waals surface area contributed by atoms with Crippen molar-refractivity contribution in [2.75, 3.05) is 44.7 Å². The summed E-state index contributed by atoms with van der Waals surface area (Å²) in [4.78, 5) is 27.2. The Hall–Kier alpha value is -2.47.